The summed E-state index contributed by atoms with van der Waals surface area (Å²) in [5.74, 6) is -1.15. The zero-order valence-corrected chi connectivity index (χ0v) is 18.8. The van der Waals surface area contributed by atoms with Gasteiger partial charge < -0.3 is 19.5 Å². The van der Waals surface area contributed by atoms with Gasteiger partial charge in [-0.05, 0) is 61.2 Å². The van der Waals surface area contributed by atoms with E-state index in [1.165, 1.54) is 27.4 Å². The van der Waals surface area contributed by atoms with E-state index in [1.807, 2.05) is 19.9 Å². The molecule has 0 aliphatic heterocycles. The van der Waals surface area contributed by atoms with Gasteiger partial charge in [0.25, 0.3) is 5.91 Å². The van der Waals surface area contributed by atoms with Crippen LogP contribution in [-0.2, 0) is 30.3 Å². The minimum absolute atomic E-state index is 0.189. The number of amides is 1. The molecule has 9 nitrogen and oxygen atoms in total. The first-order valence-electron chi connectivity index (χ1n) is 9.37. The summed E-state index contributed by atoms with van der Waals surface area (Å²) in [5.41, 5.74) is 3.45. The number of carbonyl (C=O) groups excluding carboxylic acids is 5. The molecule has 1 N–H and O–H groups in total. The first-order valence-corrected chi connectivity index (χ1v) is 9.37. The molecule has 0 aromatic heterocycles. The summed E-state index contributed by atoms with van der Waals surface area (Å²) in [5, 5.41) is 2.63. The topological polar surface area (TPSA) is 125 Å². The van der Waals surface area contributed by atoms with Crippen LogP contribution in [0.3, 0.4) is 0 Å². The Labute approximate surface area is 185 Å². The largest absolute Gasteiger partial charge is 0.497 e. The van der Waals surface area contributed by atoms with Crippen molar-refractivity contribution >= 4 is 29.5 Å². The van der Waals surface area contributed by atoms with Gasteiger partial charge in [-0.15, -0.1) is 0 Å². The molecule has 9 heteroatoms. The van der Waals surface area contributed by atoms with E-state index >= 15 is 0 Å². The monoisotopic (exact) mass is 443 g/mol. The molecule has 0 spiro atoms. The molecule has 0 saturated heterocycles. The normalized spacial score (nSPS) is 9.56. The van der Waals surface area contributed by atoms with Crippen LogP contribution in [0.2, 0.25) is 0 Å². The number of aryl methyl sites for hydroxylation is 3. The van der Waals surface area contributed by atoms with Crippen LogP contribution < -0.4 is 14.8 Å². The van der Waals surface area contributed by atoms with E-state index in [1.54, 1.807) is 19.1 Å². The summed E-state index contributed by atoms with van der Waals surface area (Å²) >= 11 is 0. The van der Waals surface area contributed by atoms with Crippen LogP contribution in [0.25, 0.3) is 0 Å². The second-order valence-electron chi connectivity index (χ2n) is 6.76. The maximum absolute atomic E-state index is 12.6. The number of rotatable bonds is 7. The van der Waals surface area contributed by atoms with Crippen LogP contribution >= 0.6 is 0 Å². The van der Waals surface area contributed by atoms with E-state index in [4.69, 9.17) is 23.8 Å². The highest BCUT2D eigenvalue weighted by molar-refractivity contribution is 6.41. The molecular weight excluding hydrogens is 418 g/mol. The number of benzene rings is 2. The lowest BCUT2D eigenvalue weighted by molar-refractivity contribution is -0.191. The first kappa shape index (κ1) is 26.1. The second kappa shape index (κ2) is 12.0. The van der Waals surface area contributed by atoms with E-state index in [0.29, 0.717) is 28.3 Å². The van der Waals surface area contributed by atoms with Crippen molar-refractivity contribution in [1.29, 1.82) is 0 Å². The Morgan fingerprint density at radius 2 is 1.53 bits per heavy atom. The standard InChI is InChI=1S/C22H25NO6.CO2/c1-12-7-14(3)20(19(8-12)28-5)23-21(25)18(24)11-16-13(2)9-15(27-4)10-17(16)22(26)29-6;2-1-3/h7-10H,11H2,1-6H3,(H,23,25);. The van der Waals surface area contributed by atoms with E-state index in [9.17, 15) is 14.4 Å². The van der Waals surface area contributed by atoms with Crippen LogP contribution in [0.1, 0.15) is 32.6 Å². The molecule has 0 atom stereocenters. The minimum Gasteiger partial charge on any atom is -0.497 e. The highest BCUT2D eigenvalue weighted by atomic mass is 16.5. The van der Waals surface area contributed by atoms with Gasteiger partial charge in [-0.3, -0.25) is 9.59 Å². The molecule has 0 unspecified atom stereocenters. The molecule has 0 saturated carbocycles. The molecule has 0 heterocycles. The Morgan fingerprint density at radius 1 is 0.906 bits per heavy atom. The van der Waals surface area contributed by atoms with Crippen LogP contribution in [-0.4, -0.2) is 45.1 Å². The highest BCUT2D eigenvalue weighted by Gasteiger charge is 2.23. The molecule has 0 radical (unpaired) electrons. The number of esters is 1. The number of ketones is 1. The molecule has 32 heavy (non-hydrogen) atoms. The maximum Gasteiger partial charge on any atom is 0.373 e. The number of hydrogen-bond acceptors (Lipinski definition) is 8. The Hall–Kier alpha value is -3.97. The summed E-state index contributed by atoms with van der Waals surface area (Å²) in [6, 6.07) is 6.84. The Kier molecular flexibility index (Phi) is 9.79. The molecule has 2 aromatic carbocycles. The number of hydrogen-bond donors (Lipinski definition) is 1. The van der Waals surface area contributed by atoms with Crippen LogP contribution in [0.5, 0.6) is 11.5 Å². The third-order valence-corrected chi connectivity index (χ3v) is 4.58. The average Bonchev–Trinajstić information content (AvgIpc) is 2.76. The minimum atomic E-state index is -0.790. The van der Waals surface area contributed by atoms with Crippen molar-refractivity contribution < 1.29 is 38.2 Å². The van der Waals surface area contributed by atoms with Crippen molar-refractivity contribution in [2.24, 2.45) is 0 Å². The quantitative estimate of drug-likeness (QED) is 0.511. The first-order chi connectivity index (χ1) is 15.1. The van der Waals surface area contributed by atoms with E-state index in [-0.39, 0.29) is 18.1 Å². The van der Waals surface area contributed by atoms with Gasteiger partial charge in [0, 0.05) is 6.42 Å². The van der Waals surface area contributed by atoms with E-state index in [2.05, 4.69) is 5.32 Å². The summed E-state index contributed by atoms with van der Waals surface area (Å²) in [7, 11) is 4.22. The number of nitrogens with one attached hydrogen (secondary N) is 1. The fourth-order valence-electron chi connectivity index (χ4n) is 3.10. The summed E-state index contributed by atoms with van der Waals surface area (Å²) in [6.45, 7) is 5.47. The molecule has 0 bridgehead atoms. The third-order valence-electron chi connectivity index (χ3n) is 4.58. The summed E-state index contributed by atoms with van der Waals surface area (Å²) in [4.78, 5) is 53.6. The lowest BCUT2D eigenvalue weighted by Crippen LogP contribution is -2.26. The van der Waals surface area contributed by atoms with Crippen molar-refractivity contribution in [1.82, 2.24) is 0 Å². The van der Waals surface area contributed by atoms with Gasteiger partial charge in [-0.2, -0.15) is 9.59 Å². The molecule has 0 aliphatic rings. The predicted octanol–water partition coefficient (Wildman–Crippen LogP) is 2.58. The molecule has 2 rings (SSSR count). The van der Waals surface area contributed by atoms with Gasteiger partial charge in [0.2, 0.25) is 5.78 Å². The van der Waals surface area contributed by atoms with Gasteiger partial charge in [0.15, 0.2) is 0 Å². The van der Waals surface area contributed by atoms with Gasteiger partial charge in [0.1, 0.15) is 11.5 Å². The fourth-order valence-corrected chi connectivity index (χ4v) is 3.10. The maximum atomic E-state index is 12.6. The molecule has 0 aliphatic carbocycles. The van der Waals surface area contributed by atoms with Crippen LogP contribution in [0.4, 0.5) is 5.69 Å². The molecule has 170 valence electrons. The van der Waals surface area contributed by atoms with Gasteiger partial charge >= 0.3 is 12.1 Å². The lowest BCUT2D eigenvalue weighted by atomic mass is 9.96. The predicted molar refractivity (Wildman–Crippen MR) is 114 cm³/mol. The average molecular weight is 443 g/mol. The molecule has 2 aromatic rings. The van der Waals surface area contributed by atoms with Crippen LogP contribution in [0.15, 0.2) is 24.3 Å². The highest BCUT2D eigenvalue weighted by Crippen LogP contribution is 2.30. The molecule has 0 fully saturated rings. The number of ether oxygens (including phenoxy) is 3. The van der Waals surface area contributed by atoms with E-state index in [0.717, 1.165) is 11.1 Å². The number of carbonyl (C=O) groups is 3. The SMILES string of the molecule is COC(=O)c1cc(OC)cc(C)c1CC(=O)C(=O)Nc1c(C)cc(C)cc1OC.O=C=O. The van der Waals surface area contributed by atoms with E-state index < -0.39 is 17.7 Å². The number of Topliss-reactive ketones (excluding diaryl/α,β-unsaturated/α-hetero) is 1. The summed E-state index contributed by atoms with van der Waals surface area (Å²) < 4.78 is 15.3. The van der Waals surface area contributed by atoms with Crippen molar-refractivity contribution in [3.63, 3.8) is 0 Å². The Bertz CT molecular complexity index is 1050. The molecular formula is C23H25NO8. The fraction of sp³-hybridized carbons (Fsp3) is 0.304. The van der Waals surface area contributed by atoms with Crippen molar-refractivity contribution in [2.45, 2.75) is 27.2 Å². The second-order valence-corrected chi connectivity index (χ2v) is 6.76. The number of anilines is 1. The lowest BCUT2D eigenvalue weighted by Gasteiger charge is -2.15. The van der Waals surface area contributed by atoms with Gasteiger partial charge in [-0.1, -0.05) is 6.07 Å². The van der Waals surface area contributed by atoms with Crippen LogP contribution in [0, 0.1) is 20.8 Å². The smallest absolute Gasteiger partial charge is 0.373 e. The van der Waals surface area contributed by atoms with Crippen molar-refractivity contribution in [3.05, 3.63) is 52.1 Å². The zero-order chi connectivity index (χ0) is 24.4. The Balaban J connectivity index is 0.00000161. The van der Waals surface area contributed by atoms with Gasteiger partial charge in [0.05, 0.1) is 32.6 Å². The van der Waals surface area contributed by atoms with Crippen molar-refractivity contribution in [3.8, 4) is 11.5 Å². The molecule has 1 amide bonds. The summed E-state index contributed by atoms with van der Waals surface area (Å²) in [6.07, 6.45) is -0.000676. The van der Waals surface area contributed by atoms with Gasteiger partial charge in [-0.25, -0.2) is 4.79 Å². The zero-order valence-electron chi connectivity index (χ0n) is 18.8. The third kappa shape index (κ3) is 6.52. The number of methoxy groups -OCH3 is 3. The van der Waals surface area contributed by atoms with Crippen molar-refractivity contribution in [2.75, 3.05) is 26.6 Å². The Morgan fingerprint density at radius 3 is 2.06 bits per heavy atom.